The number of rotatable bonds is 4. The van der Waals surface area contributed by atoms with Gasteiger partial charge >= 0.3 is 0 Å². The van der Waals surface area contributed by atoms with E-state index in [9.17, 15) is 8.42 Å². The summed E-state index contributed by atoms with van der Waals surface area (Å²) in [5, 5.41) is 3.26. The van der Waals surface area contributed by atoms with E-state index >= 15 is 0 Å². The minimum Gasteiger partial charge on any atom is -0.317 e. The molecule has 0 spiro atoms. The largest absolute Gasteiger partial charge is 0.317 e. The van der Waals surface area contributed by atoms with Gasteiger partial charge in [0.1, 0.15) is 0 Å². The molecule has 1 fully saturated rings. The van der Waals surface area contributed by atoms with Crippen molar-refractivity contribution in [3.8, 4) is 0 Å². The summed E-state index contributed by atoms with van der Waals surface area (Å²) in [5.41, 5.74) is 1.95. The number of sulfonamides is 1. The van der Waals surface area contributed by atoms with E-state index in [1.54, 1.807) is 12.1 Å². The average molecular weight is 296 g/mol. The Labute approximate surface area is 122 Å². The van der Waals surface area contributed by atoms with Crippen molar-refractivity contribution < 1.29 is 8.42 Å². The molecule has 112 valence electrons. The predicted octanol–water partition coefficient (Wildman–Crippen LogP) is 2.11. The fourth-order valence-electron chi connectivity index (χ4n) is 2.88. The molecule has 0 unspecified atom stereocenters. The van der Waals surface area contributed by atoms with Gasteiger partial charge in [-0.25, -0.2) is 13.1 Å². The Morgan fingerprint density at radius 1 is 0.950 bits per heavy atom. The Hall–Kier alpha value is -0.910. The Morgan fingerprint density at radius 3 is 1.95 bits per heavy atom. The molecular weight excluding hydrogens is 272 g/mol. The number of hydrogen-bond acceptors (Lipinski definition) is 3. The van der Waals surface area contributed by atoms with Gasteiger partial charge in [-0.15, -0.1) is 0 Å². The highest BCUT2D eigenvalue weighted by molar-refractivity contribution is 7.89. The molecule has 1 aliphatic rings. The van der Waals surface area contributed by atoms with Gasteiger partial charge in [0.2, 0.25) is 10.0 Å². The smallest absolute Gasteiger partial charge is 0.240 e. The third-order valence-electron chi connectivity index (χ3n) is 3.96. The van der Waals surface area contributed by atoms with Crippen LogP contribution < -0.4 is 10.0 Å². The topological polar surface area (TPSA) is 58.2 Å². The second-order valence-corrected chi connectivity index (χ2v) is 7.50. The van der Waals surface area contributed by atoms with Gasteiger partial charge in [0.05, 0.1) is 4.90 Å². The molecule has 4 nitrogen and oxygen atoms in total. The maximum Gasteiger partial charge on any atom is 0.240 e. The molecule has 0 radical (unpaired) electrons. The lowest BCUT2D eigenvalue weighted by Gasteiger charge is -2.28. The van der Waals surface area contributed by atoms with Gasteiger partial charge < -0.3 is 5.32 Å². The Kier molecular flexibility index (Phi) is 4.83. The number of hydrogen-bond donors (Lipinski definition) is 2. The maximum absolute atomic E-state index is 12.4. The fraction of sp³-hybridized carbons (Fsp3) is 0.600. The molecule has 0 atom stereocenters. The summed E-state index contributed by atoms with van der Waals surface area (Å²) in [6.07, 6.45) is 3.85. The normalized spacial score (nSPS) is 23.8. The molecule has 0 aromatic heterocycles. The van der Waals surface area contributed by atoms with Crippen LogP contribution >= 0.6 is 0 Å². The van der Waals surface area contributed by atoms with Gasteiger partial charge in [-0.3, -0.25) is 0 Å². The first kappa shape index (κ1) is 15.5. The molecule has 1 saturated carbocycles. The molecule has 20 heavy (non-hydrogen) atoms. The third-order valence-corrected chi connectivity index (χ3v) is 5.46. The second kappa shape index (κ2) is 6.24. The Bertz CT molecular complexity index is 541. The third kappa shape index (κ3) is 3.81. The monoisotopic (exact) mass is 296 g/mol. The highest BCUT2D eigenvalue weighted by Gasteiger charge is 2.25. The zero-order valence-corrected chi connectivity index (χ0v) is 13.3. The summed E-state index contributed by atoms with van der Waals surface area (Å²) in [7, 11) is -1.44. The Morgan fingerprint density at radius 2 is 1.45 bits per heavy atom. The van der Waals surface area contributed by atoms with Crippen molar-refractivity contribution in [3.05, 3.63) is 29.3 Å². The maximum atomic E-state index is 12.4. The molecular formula is C15H24N2O2S. The lowest BCUT2D eigenvalue weighted by atomic mass is 9.92. The van der Waals surface area contributed by atoms with E-state index in [0.29, 0.717) is 10.9 Å². The average Bonchev–Trinajstić information content (AvgIpc) is 2.38. The zero-order chi connectivity index (χ0) is 14.8. The van der Waals surface area contributed by atoms with Gasteiger partial charge in [0.25, 0.3) is 0 Å². The van der Waals surface area contributed by atoms with Crippen LogP contribution in [0.4, 0.5) is 0 Å². The van der Waals surface area contributed by atoms with E-state index in [1.807, 2.05) is 27.0 Å². The van der Waals surface area contributed by atoms with E-state index in [0.717, 1.165) is 36.8 Å². The van der Waals surface area contributed by atoms with Crippen LogP contribution in [0.2, 0.25) is 0 Å². The zero-order valence-electron chi connectivity index (χ0n) is 12.4. The van der Waals surface area contributed by atoms with Crippen LogP contribution in [0.5, 0.6) is 0 Å². The lowest BCUT2D eigenvalue weighted by Crippen LogP contribution is -2.41. The minimum absolute atomic E-state index is 0.0606. The van der Waals surface area contributed by atoms with Crippen LogP contribution in [0.3, 0.4) is 0 Å². The van der Waals surface area contributed by atoms with Crippen LogP contribution in [-0.2, 0) is 10.0 Å². The predicted molar refractivity (Wildman–Crippen MR) is 81.3 cm³/mol. The molecule has 1 aromatic carbocycles. The molecule has 1 aliphatic carbocycles. The lowest BCUT2D eigenvalue weighted by molar-refractivity contribution is 0.343. The molecule has 0 aliphatic heterocycles. The van der Waals surface area contributed by atoms with E-state index in [1.165, 1.54) is 0 Å². The van der Waals surface area contributed by atoms with E-state index < -0.39 is 10.0 Å². The molecule has 2 rings (SSSR count). The van der Waals surface area contributed by atoms with Crippen LogP contribution in [0.1, 0.15) is 36.8 Å². The van der Waals surface area contributed by atoms with Crippen molar-refractivity contribution in [2.75, 3.05) is 7.05 Å². The van der Waals surface area contributed by atoms with Gasteiger partial charge in [0, 0.05) is 12.1 Å². The number of aryl methyl sites for hydroxylation is 2. The fourth-order valence-corrected chi connectivity index (χ4v) is 4.37. The summed E-state index contributed by atoms with van der Waals surface area (Å²) in [6.45, 7) is 3.84. The first-order valence-electron chi connectivity index (χ1n) is 7.18. The van der Waals surface area contributed by atoms with Crippen LogP contribution in [0, 0.1) is 13.8 Å². The first-order valence-corrected chi connectivity index (χ1v) is 8.67. The van der Waals surface area contributed by atoms with Crippen molar-refractivity contribution in [3.63, 3.8) is 0 Å². The highest BCUT2D eigenvalue weighted by Crippen LogP contribution is 2.21. The molecule has 5 heteroatoms. The van der Waals surface area contributed by atoms with Crippen LogP contribution in [-0.4, -0.2) is 27.5 Å². The van der Waals surface area contributed by atoms with Crippen molar-refractivity contribution in [1.82, 2.24) is 10.0 Å². The van der Waals surface area contributed by atoms with Crippen LogP contribution in [0.15, 0.2) is 23.1 Å². The number of benzene rings is 1. The summed E-state index contributed by atoms with van der Waals surface area (Å²) < 4.78 is 27.7. The summed E-state index contributed by atoms with van der Waals surface area (Å²) in [4.78, 5) is 0.380. The van der Waals surface area contributed by atoms with E-state index in [4.69, 9.17) is 0 Å². The summed E-state index contributed by atoms with van der Waals surface area (Å²) in [5.74, 6) is 0. The molecule has 1 aromatic rings. The molecule has 0 saturated heterocycles. The van der Waals surface area contributed by atoms with Crippen molar-refractivity contribution in [2.45, 2.75) is 56.5 Å². The summed E-state index contributed by atoms with van der Waals surface area (Å²) >= 11 is 0. The SMILES string of the molecule is CNC1CCC(NS(=O)(=O)c2cc(C)cc(C)c2)CC1. The van der Waals surface area contributed by atoms with Crippen molar-refractivity contribution >= 4 is 10.0 Å². The van der Waals surface area contributed by atoms with Gasteiger partial charge in [0.15, 0.2) is 0 Å². The first-order chi connectivity index (χ1) is 9.40. The number of nitrogens with one attached hydrogen (secondary N) is 2. The molecule has 0 amide bonds. The Balaban J connectivity index is 2.08. The van der Waals surface area contributed by atoms with E-state index in [2.05, 4.69) is 10.0 Å². The van der Waals surface area contributed by atoms with Crippen LogP contribution in [0.25, 0.3) is 0 Å². The summed E-state index contributed by atoms with van der Waals surface area (Å²) in [6, 6.07) is 6.03. The minimum atomic E-state index is -3.40. The van der Waals surface area contributed by atoms with Crippen molar-refractivity contribution in [1.29, 1.82) is 0 Å². The molecule has 0 bridgehead atoms. The quantitative estimate of drug-likeness (QED) is 0.894. The van der Waals surface area contributed by atoms with Gasteiger partial charge in [-0.1, -0.05) is 6.07 Å². The molecule has 2 N–H and O–H groups in total. The van der Waals surface area contributed by atoms with Crippen molar-refractivity contribution in [2.24, 2.45) is 0 Å². The molecule has 0 heterocycles. The van der Waals surface area contributed by atoms with Gasteiger partial charge in [-0.05, 0) is 69.8 Å². The van der Waals surface area contributed by atoms with Gasteiger partial charge in [-0.2, -0.15) is 0 Å². The standard InChI is InChI=1S/C15H24N2O2S/c1-11-8-12(2)10-15(9-11)20(18,19)17-14-6-4-13(16-3)5-7-14/h8-10,13-14,16-17H,4-7H2,1-3H3. The van der Waals surface area contributed by atoms with E-state index in [-0.39, 0.29) is 6.04 Å². The second-order valence-electron chi connectivity index (χ2n) is 5.78. The highest BCUT2D eigenvalue weighted by atomic mass is 32.2.